The first-order valence-electron chi connectivity index (χ1n) is 7.88. The standard InChI is InChI=1S/C18H21N3OS/c1-15-14-23-17(19-15)18(22)21-12-10-20(11-13-21)9-5-8-16-6-3-2-4-7-16/h2-8,14H,9-13H2,1H3/b8-5+. The third-order valence-electron chi connectivity index (χ3n) is 3.93. The SMILES string of the molecule is Cc1csc(C(=O)N2CCN(C/C=C/c3ccccc3)CC2)n1. The van der Waals surface area contributed by atoms with Crippen molar-refractivity contribution in [3.05, 3.63) is 58.1 Å². The molecule has 1 aliphatic heterocycles. The number of nitrogens with zero attached hydrogens (tertiary/aromatic N) is 3. The van der Waals surface area contributed by atoms with Crippen molar-refractivity contribution >= 4 is 23.3 Å². The highest BCUT2D eigenvalue weighted by Gasteiger charge is 2.23. The van der Waals surface area contributed by atoms with E-state index in [1.165, 1.54) is 16.9 Å². The van der Waals surface area contributed by atoms with Crippen molar-refractivity contribution in [2.24, 2.45) is 0 Å². The molecular formula is C18H21N3OS. The summed E-state index contributed by atoms with van der Waals surface area (Å²) < 4.78 is 0. The Hall–Kier alpha value is -1.98. The van der Waals surface area contributed by atoms with Crippen LogP contribution in [0.2, 0.25) is 0 Å². The summed E-state index contributed by atoms with van der Waals surface area (Å²) in [5.74, 6) is 0.0718. The Labute approximate surface area is 141 Å². The van der Waals surface area contributed by atoms with Crippen molar-refractivity contribution in [3.63, 3.8) is 0 Å². The lowest BCUT2D eigenvalue weighted by molar-refractivity contribution is 0.0650. The maximum atomic E-state index is 12.4. The van der Waals surface area contributed by atoms with Gasteiger partial charge in [-0.15, -0.1) is 11.3 Å². The lowest BCUT2D eigenvalue weighted by Gasteiger charge is -2.33. The van der Waals surface area contributed by atoms with E-state index in [0.717, 1.165) is 38.4 Å². The van der Waals surface area contributed by atoms with Crippen LogP contribution in [0.4, 0.5) is 0 Å². The Morgan fingerprint density at radius 3 is 2.61 bits per heavy atom. The fraction of sp³-hybridized carbons (Fsp3) is 0.333. The first kappa shape index (κ1) is 15.9. The Kier molecular flexibility index (Phi) is 5.20. The molecule has 0 spiro atoms. The molecule has 0 N–H and O–H groups in total. The zero-order valence-electron chi connectivity index (χ0n) is 13.3. The smallest absolute Gasteiger partial charge is 0.282 e. The Bertz CT molecular complexity index is 673. The molecule has 1 saturated heterocycles. The highest BCUT2D eigenvalue weighted by atomic mass is 32.1. The number of hydrogen-bond acceptors (Lipinski definition) is 4. The molecule has 1 fully saturated rings. The van der Waals surface area contributed by atoms with Gasteiger partial charge in [0.2, 0.25) is 0 Å². The van der Waals surface area contributed by atoms with Gasteiger partial charge in [0.25, 0.3) is 5.91 Å². The van der Waals surface area contributed by atoms with Crippen molar-refractivity contribution in [1.82, 2.24) is 14.8 Å². The molecule has 2 aromatic rings. The Balaban J connectivity index is 1.47. The van der Waals surface area contributed by atoms with Gasteiger partial charge in [-0.05, 0) is 12.5 Å². The number of carbonyl (C=O) groups excluding carboxylic acids is 1. The summed E-state index contributed by atoms with van der Waals surface area (Å²) in [6.45, 7) is 6.22. The average Bonchev–Trinajstić information content (AvgIpc) is 3.02. The van der Waals surface area contributed by atoms with E-state index in [1.54, 1.807) is 0 Å². The first-order chi connectivity index (χ1) is 11.2. The topological polar surface area (TPSA) is 36.4 Å². The maximum Gasteiger partial charge on any atom is 0.282 e. The van der Waals surface area contributed by atoms with Crippen LogP contribution in [-0.2, 0) is 0 Å². The van der Waals surface area contributed by atoms with Gasteiger partial charge in [-0.3, -0.25) is 9.69 Å². The van der Waals surface area contributed by atoms with Crippen LogP contribution in [0.1, 0.15) is 21.1 Å². The summed E-state index contributed by atoms with van der Waals surface area (Å²) in [5, 5.41) is 2.54. The molecule has 0 atom stereocenters. The molecule has 0 radical (unpaired) electrons. The molecule has 0 unspecified atom stereocenters. The summed E-state index contributed by atoms with van der Waals surface area (Å²) in [6.07, 6.45) is 4.34. The molecular weight excluding hydrogens is 306 g/mol. The molecule has 3 rings (SSSR count). The molecule has 0 bridgehead atoms. The van der Waals surface area contributed by atoms with E-state index in [9.17, 15) is 4.79 Å². The summed E-state index contributed by atoms with van der Waals surface area (Å²) in [5.41, 5.74) is 2.14. The van der Waals surface area contributed by atoms with Crippen LogP contribution < -0.4 is 0 Å². The number of aromatic nitrogens is 1. The summed E-state index contributed by atoms with van der Waals surface area (Å²) >= 11 is 1.44. The van der Waals surface area contributed by atoms with Crippen LogP contribution in [0.3, 0.4) is 0 Å². The molecule has 1 aliphatic rings. The molecule has 1 aromatic heterocycles. The van der Waals surface area contributed by atoms with Crippen molar-refractivity contribution in [1.29, 1.82) is 0 Å². The summed E-state index contributed by atoms with van der Waals surface area (Å²) in [7, 11) is 0. The summed E-state index contributed by atoms with van der Waals surface area (Å²) in [6, 6.07) is 10.3. The largest absolute Gasteiger partial charge is 0.334 e. The van der Waals surface area contributed by atoms with Gasteiger partial charge in [-0.25, -0.2) is 4.98 Å². The predicted octanol–water partition coefficient (Wildman–Crippen LogP) is 2.92. The minimum absolute atomic E-state index is 0.0718. The van der Waals surface area contributed by atoms with Crippen LogP contribution in [0.5, 0.6) is 0 Å². The normalized spacial score (nSPS) is 16.1. The molecule has 23 heavy (non-hydrogen) atoms. The Morgan fingerprint density at radius 2 is 1.96 bits per heavy atom. The average molecular weight is 327 g/mol. The fourth-order valence-electron chi connectivity index (χ4n) is 2.62. The predicted molar refractivity (Wildman–Crippen MR) is 94.7 cm³/mol. The molecule has 5 heteroatoms. The quantitative estimate of drug-likeness (QED) is 0.866. The van der Waals surface area contributed by atoms with Gasteiger partial charge in [0.05, 0.1) is 0 Å². The van der Waals surface area contributed by atoms with Crippen LogP contribution in [0.25, 0.3) is 6.08 Å². The monoisotopic (exact) mass is 327 g/mol. The van der Waals surface area contributed by atoms with E-state index in [2.05, 4.69) is 34.2 Å². The summed E-state index contributed by atoms with van der Waals surface area (Å²) in [4.78, 5) is 20.9. The molecule has 0 saturated carbocycles. The second-order valence-electron chi connectivity index (χ2n) is 5.70. The van der Waals surface area contributed by atoms with Crippen LogP contribution in [0.15, 0.2) is 41.8 Å². The van der Waals surface area contributed by atoms with Crippen LogP contribution >= 0.6 is 11.3 Å². The van der Waals surface area contributed by atoms with E-state index < -0.39 is 0 Å². The van der Waals surface area contributed by atoms with E-state index >= 15 is 0 Å². The molecule has 1 aromatic carbocycles. The highest BCUT2D eigenvalue weighted by Crippen LogP contribution is 2.13. The van der Waals surface area contributed by atoms with Crippen molar-refractivity contribution < 1.29 is 4.79 Å². The number of hydrogen-bond donors (Lipinski definition) is 0. The van der Waals surface area contributed by atoms with Crippen LogP contribution in [0, 0.1) is 6.92 Å². The van der Waals surface area contributed by atoms with Crippen LogP contribution in [-0.4, -0.2) is 53.4 Å². The lowest BCUT2D eigenvalue weighted by atomic mass is 10.2. The lowest BCUT2D eigenvalue weighted by Crippen LogP contribution is -2.48. The van der Waals surface area contributed by atoms with E-state index in [-0.39, 0.29) is 5.91 Å². The zero-order valence-corrected chi connectivity index (χ0v) is 14.1. The van der Waals surface area contributed by atoms with Crippen molar-refractivity contribution in [2.75, 3.05) is 32.7 Å². The van der Waals surface area contributed by atoms with E-state index in [4.69, 9.17) is 0 Å². The van der Waals surface area contributed by atoms with Gasteiger partial charge < -0.3 is 4.90 Å². The molecule has 2 heterocycles. The maximum absolute atomic E-state index is 12.4. The third kappa shape index (κ3) is 4.27. The minimum Gasteiger partial charge on any atom is -0.334 e. The second-order valence-corrected chi connectivity index (χ2v) is 6.56. The van der Waals surface area contributed by atoms with E-state index in [0.29, 0.717) is 5.01 Å². The van der Waals surface area contributed by atoms with E-state index in [1.807, 2.05) is 35.4 Å². The molecule has 4 nitrogen and oxygen atoms in total. The minimum atomic E-state index is 0.0718. The molecule has 1 amide bonds. The van der Waals surface area contributed by atoms with Gasteiger partial charge in [-0.2, -0.15) is 0 Å². The van der Waals surface area contributed by atoms with Gasteiger partial charge >= 0.3 is 0 Å². The van der Waals surface area contributed by atoms with Crippen molar-refractivity contribution in [3.8, 4) is 0 Å². The number of thiazole rings is 1. The number of benzene rings is 1. The van der Waals surface area contributed by atoms with Gasteiger partial charge in [0.1, 0.15) is 0 Å². The molecule has 120 valence electrons. The number of aryl methyl sites for hydroxylation is 1. The number of piperazine rings is 1. The third-order valence-corrected chi connectivity index (χ3v) is 4.88. The fourth-order valence-corrected chi connectivity index (χ4v) is 3.38. The first-order valence-corrected chi connectivity index (χ1v) is 8.76. The molecule has 0 aliphatic carbocycles. The zero-order chi connectivity index (χ0) is 16.1. The number of rotatable bonds is 4. The van der Waals surface area contributed by atoms with Gasteiger partial charge in [-0.1, -0.05) is 42.5 Å². The second kappa shape index (κ2) is 7.53. The van der Waals surface area contributed by atoms with Gasteiger partial charge in [0.15, 0.2) is 5.01 Å². The Morgan fingerprint density at radius 1 is 1.22 bits per heavy atom. The number of amides is 1. The highest BCUT2D eigenvalue weighted by molar-refractivity contribution is 7.11. The number of carbonyl (C=O) groups is 1. The van der Waals surface area contributed by atoms with Crippen molar-refractivity contribution in [2.45, 2.75) is 6.92 Å². The van der Waals surface area contributed by atoms with Gasteiger partial charge in [0, 0.05) is 43.8 Å².